The van der Waals surface area contributed by atoms with Gasteiger partial charge in [0.1, 0.15) is 6.33 Å². The number of rotatable bonds is 6. The first-order chi connectivity index (χ1) is 8.41. The molecule has 0 aliphatic carbocycles. The molecule has 0 radical (unpaired) electrons. The summed E-state index contributed by atoms with van der Waals surface area (Å²) in [4.78, 5) is 18.5. The Hall–Kier alpha value is -1.92. The minimum absolute atomic E-state index is 0.110. The highest BCUT2D eigenvalue weighted by Crippen LogP contribution is 2.31. The largest absolute Gasteiger partial charge is 0.364 e. The second kappa shape index (κ2) is 5.61. The fourth-order valence-corrected chi connectivity index (χ4v) is 1.35. The van der Waals surface area contributed by atoms with Crippen molar-refractivity contribution in [2.45, 2.75) is 39.7 Å². The third kappa shape index (κ3) is 3.28. The first-order valence-corrected chi connectivity index (χ1v) is 5.92. The molecule has 100 valence electrons. The number of nitrogens with one attached hydrogen (secondary N) is 2. The standard InChI is InChI=1S/C11H19N5O2/c1-5-11(3,4)15-10-8(16(17)18)9(12-6-2)13-7-14-10/h7H,5-6H2,1-4H3,(H2,12,13,14,15). The van der Waals surface area contributed by atoms with Gasteiger partial charge in [-0.3, -0.25) is 10.1 Å². The highest BCUT2D eigenvalue weighted by atomic mass is 16.6. The maximum absolute atomic E-state index is 11.1. The van der Waals surface area contributed by atoms with E-state index in [4.69, 9.17) is 0 Å². The maximum atomic E-state index is 11.1. The molecule has 1 aromatic rings. The van der Waals surface area contributed by atoms with E-state index >= 15 is 0 Å². The first-order valence-electron chi connectivity index (χ1n) is 5.92. The number of aromatic nitrogens is 2. The van der Waals surface area contributed by atoms with Gasteiger partial charge in [0.15, 0.2) is 0 Å². The van der Waals surface area contributed by atoms with Crippen molar-refractivity contribution in [1.29, 1.82) is 0 Å². The molecule has 0 saturated carbocycles. The lowest BCUT2D eigenvalue weighted by atomic mass is 10.0. The molecule has 0 spiro atoms. The van der Waals surface area contributed by atoms with E-state index in [-0.39, 0.29) is 22.9 Å². The second-order valence-corrected chi connectivity index (χ2v) is 4.57. The van der Waals surface area contributed by atoms with Crippen molar-refractivity contribution in [2.75, 3.05) is 17.2 Å². The van der Waals surface area contributed by atoms with Gasteiger partial charge < -0.3 is 10.6 Å². The molecule has 1 heterocycles. The summed E-state index contributed by atoms with van der Waals surface area (Å²) in [7, 11) is 0. The lowest BCUT2D eigenvalue weighted by Gasteiger charge is -2.24. The van der Waals surface area contributed by atoms with Crippen LogP contribution in [0.4, 0.5) is 17.3 Å². The van der Waals surface area contributed by atoms with Gasteiger partial charge in [-0.15, -0.1) is 0 Å². The van der Waals surface area contributed by atoms with Crippen molar-refractivity contribution in [3.63, 3.8) is 0 Å². The zero-order chi connectivity index (χ0) is 13.8. The van der Waals surface area contributed by atoms with E-state index in [9.17, 15) is 10.1 Å². The molecule has 0 aliphatic heterocycles. The summed E-state index contributed by atoms with van der Waals surface area (Å²) in [6.07, 6.45) is 2.14. The molecule has 0 atom stereocenters. The molecule has 0 unspecified atom stereocenters. The molecule has 1 aromatic heterocycles. The van der Waals surface area contributed by atoms with Crippen LogP contribution in [0.3, 0.4) is 0 Å². The number of anilines is 2. The molecule has 1 rings (SSSR count). The quantitative estimate of drug-likeness (QED) is 0.597. The SMILES string of the molecule is CCNc1ncnc(NC(C)(C)CC)c1[N+](=O)[O-]. The zero-order valence-corrected chi connectivity index (χ0v) is 11.1. The number of nitrogens with zero attached hydrogens (tertiary/aromatic N) is 3. The average Bonchev–Trinajstić information content (AvgIpc) is 2.28. The van der Waals surface area contributed by atoms with Crippen molar-refractivity contribution >= 4 is 17.3 Å². The Bertz CT molecular complexity index is 433. The summed E-state index contributed by atoms with van der Waals surface area (Å²) in [5.41, 5.74) is -0.372. The Kier molecular flexibility index (Phi) is 4.41. The third-order valence-electron chi connectivity index (χ3n) is 2.69. The highest BCUT2D eigenvalue weighted by molar-refractivity contribution is 5.69. The molecule has 2 N–H and O–H groups in total. The Morgan fingerprint density at radius 1 is 1.33 bits per heavy atom. The summed E-state index contributed by atoms with van der Waals surface area (Å²) in [6.45, 7) is 8.35. The zero-order valence-electron chi connectivity index (χ0n) is 11.1. The van der Waals surface area contributed by atoms with Crippen molar-refractivity contribution in [3.05, 3.63) is 16.4 Å². The van der Waals surface area contributed by atoms with Gasteiger partial charge in [0.05, 0.1) is 4.92 Å². The normalized spacial score (nSPS) is 11.1. The predicted molar refractivity (Wildman–Crippen MR) is 70.8 cm³/mol. The van der Waals surface area contributed by atoms with Crippen LogP contribution in [0.2, 0.25) is 0 Å². The minimum atomic E-state index is -0.466. The Labute approximate surface area is 106 Å². The monoisotopic (exact) mass is 253 g/mol. The van der Waals surface area contributed by atoms with Crippen LogP contribution in [-0.4, -0.2) is 27.0 Å². The molecule has 0 amide bonds. The van der Waals surface area contributed by atoms with Gasteiger partial charge in [0.2, 0.25) is 11.6 Å². The van der Waals surface area contributed by atoms with E-state index in [0.29, 0.717) is 6.54 Å². The summed E-state index contributed by atoms with van der Waals surface area (Å²) >= 11 is 0. The molecule has 0 aliphatic rings. The van der Waals surface area contributed by atoms with Crippen LogP contribution < -0.4 is 10.6 Å². The van der Waals surface area contributed by atoms with Crippen LogP contribution in [0.5, 0.6) is 0 Å². The van der Waals surface area contributed by atoms with Crippen LogP contribution in [0, 0.1) is 10.1 Å². The third-order valence-corrected chi connectivity index (χ3v) is 2.69. The lowest BCUT2D eigenvalue weighted by Crippen LogP contribution is -2.30. The van der Waals surface area contributed by atoms with Gasteiger partial charge in [0.25, 0.3) is 0 Å². The van der Waals surface area contributed by atoms with E-state index in [2.05, 4.69) is 20.6 Å². The van der Waals surface area contributed by atoms with Crippen molar-refractivity contribution in [1.82, 2.24) is 9.97 Å². The molecule has 0 saturated heterocycles. The molecular formula is C11H19N5O2. The number of hydrogen-bond acceptors (Lipinski definition) is 6. The van der Waals surface area contributed by atoms with E-state index in [1.807, 2.05) is 27.7 Å². The Morgan fingerprint density at radius 3 is 2.44 bits per heavy atom. The van der Waals surface area contributed by atoms with Crippen molar-refractivity contribution in [2.24, 2.45) is 0 Å². The highest BCUT2D eigenvalue weighted by Gasteiger charge is 2.26. The van der Waals surface area contributed by atoms with E-state index in [0.717, 1.165) is 6.42 Å². The van der Waals surface area contributed by atoms with Crippen LogP contribution in [-0.2, 0) is 0 Å². The first kappa shape index (κ1) is 14.1. The summed E-state index contributed by atoms with van der Waals surface area (Å²) in [5, 5.41) is 17.1. The van der Waals surface area contributed by atoms with Crippen molar-refractivity contribution < 1.29 is 4.92 Å². The van der Waals surface area contributed by atoms with Gasteiger partial charge in [-0.1, -0.05) is 6.92 Å². The summed E-state index contributed by atoms with van der Waals surface area (Å²) < 4.78 is 0. The number of hydrogen-bond donors (Lipinski definition) is 2. The van der Waals surface area contributed by atoms with Crippen LogP contribution >= 0.6 is 0 Å². The molecule has 0 fully saturated rings. The molecule has 7 heteroatoms. The van der Waals surface area contributed by atoms with Gasteiger partial charge in [-0.25, -0.2) is 9.97 Å². The molecule has 0 bridgehead atoms. The minimum Gasteiger partial charge on any atom is -0.364 e. The van der Waals surface area contributed by atoms with Gasteiger partial charge in [0, 0.05) is 12.1 Å². The van der Waals surface area contributed by atoms with Crippen LogP contribution in [0.15, 0.2) is 6.33 Å². The molecular weight excluding hydrogens is 234 g/mol. The van der Waals surface area contributed by atoms with Crippen molar-refractivity contribution in [3.8, 4) is 0 Å². The van der Waals surface area contributed by atoms with E-state index in [1.165, 1.54) is 6.33 Å². The van der Waals surface area contributed by atoms with Gasteiger partial charge in [-0.2, -0.15) is 0 Å². The maximum Gasteiger partial charge on any atom is 0.353 e. The lowest BCUT2D eigenvalue weighted by molar-refractivity contribution is -0.383. The fourth-order valence-electron chi connectivity index (χ4n) is 1.35. The fraction of sp³-hybridized carbons (Fsp3) is 0.636. The molecule has 7 nitrogen and oxygen atoms in total. The summed E-state index contributed by atoms with van der Waals surface area (Å²) in [5.74, 6) is 0.490. The molecule has 18 heavy (non-hydrogen) atoms. The van der Waals surface area contributed by atoms with E-state index < -0.39 is 4.92 Å². The van der Waals surface area contributed by atoms with Gasteiger partial charge >= 0.3 is 5.69 Å². The Morgan fingerprint density at radius 2 is 1.94 bits per heavy atom. The van der Waals surface area contributed by atoms with E-state index in [1.54, 1.807) is 0 Å². The second-order valence-electron chi connectivity index (χ2n) is 4.57. The number of nitro groups is 1. The topological polar surface area (TPSA) is 93.0 Å². The predicted octanol–water partition coefficient (Wildman–Crippen LogP) is 2.42. The average molecular weight is 253 g/mol. The smallest absolute Gasteiger partial charge is 0.353 e. The molecule has 0 aromatic carbocycles. The Balaban J connectivity index is 3.18. The van der Waals surface area contributed by atoms with Crippen LogP contribution in [0.25, 0.3) is 0 Å². The van der Waals surface area contributed by atoms with Gasteiger partial charge in [-0.05, 0) is 27.2 Å². The summed E-state index contributed by atoms with van der Waals surface area (Å²) in [6, 6.07) is 0. The van der Waals surface area contributed by atoms with Crippen LogP contribution in [0.1, 0.15) is 34.1 Å².